The molecule has 0 saturated heterocycles. The van der Waals surface area contributed by atoms with Gasteiger partial charge in [0.05, 0.1) is 6.61 Å². The van der Waals surface area contributed by atoms with E-state index in [0.29, 0.717) is 12.8 Å². The van der Waals surface area contributed by atoms with Crippen LogP contribution in [0, 0.1) is 0 Å². The first-order valence-corrected chi connectivity index (χ1v) is 37.0. The van der Waals surface area contributed by atoms with Crippen molar-refractivity contribution < 1.29 is 24.2 Å². The lowest BCUT2D eigenvalue weighted by Gasteiger charge is -2.15. The number of carbonyl (C=O) groups excluding carboxylic acids is 2. The van der Waals surface area contributed by atoms with Crippen molar-refractivity contribution in [1.82, 2.24) is 0 Å². The summed E-state index contributed by atoms with van der Waals surface area (Å²) in [5.41, 5.74) is 0. The van der Waals surface area contributed by atoms with Crippen molar-refractivity contribution in [2.45, 2.75) is 341 Å². The van der Waals surface area contributed by atoms with E-state index in [0.717, 1.165) is 116 Å². The van der Waals surface area contributed by atoms with Crippen molar-refractivity contribution in [1.29, 1.82) is 0 Å². The van der Waals surface area contributed by atoms with E-state index in [9.17, 15) is 14.7 Å². The van der Waals surface area contributed by atoms with E-state index in [1.807, 2.05) is 0 Å². The molecule has 0 aliphatic heterocycles. The number of aliphatic hydroxyl groups excluding tert-OH is 1. The molecule has 5 nitrogen and oxygen atoms in total. The number of aliphatic hydroxyl groups is 1. The molecule has 1 unspecified atom stereocenters. The summed E-state index contributed by atoms with van der Waals surface area (Å²) in [5.74, 6) is -0.640. The molecule has 500 valence electrons. The van der Waals surface area contributed by atoms with Crippen LogP contribution in [0.15, 0.2) is 158 Å². The Morgan fingerprint density at radius 3 is 0.773 bits per heavy atom. The first kappa shape index (κ1) is 83.5. The summed E-state index contributed by atoms with van der Waals surface area (Å²) < 4.78 is 10.7. The molecule has 1 atom stereocenters. The third-order valence-corrected chi connectivity index (χ3v) is 15.8. The highest BCUT2D eigenvalue weighted by molar-refractivity contribution is 5.70. The van der Waals surface area contributed by atoms with Gasteiger partial charge in [-0.2, -0.15) is 0 Å². The van der Waals surface area contributed by atoms with E-state index >= 15 is 0 Å². The lowest BCUT2D eigenvalue weighted by Crippen LogP contribution is -2.28. The largest absolute Gasteiger partial charge is 0.462 e. The topological polar surface area (TPSA) is 72.8 Å². The van der Waals surface area contributed by atoms with Gasteiger partial charge in [0.25, 0.3) is 0 Å². The summed E-state index contributed by atoms with van der Waals surface area (Å²) >= 11 is 0. The van der Waals surface area contributed by atoms with Gasteiger partial charge in [0.2, 0.25) is 0 Å². The smallest absolute Gasteiger partial charge is 0.306 e. The Morgan fingerprint density at radius 2 is 0.489 bits per heavy atom. The molecule has 1 N–H and O–H groups in total. The minimum absolute atomic E-state index is 0.0900. The Hall–Kier alpha value is -4.48. The van der Waals surface area contributed by atoms with Crippen molar-refractivity contribution in [3.05, 3.63) is 158 Å². The summed E-state index contributed by atoms with van der Waals surface area (Å²) in [6, 6.07) is 0. The molecule has 0 aromatic carbocycles. The fraction of sp³-hybridized carbons (Fsp3) is 0.663. The van der Waals surface area contributed by atoms with Crippen LogP contribution >= 0.6 is 0 Å². The molecule has 0 amide bonds. The maximum Gasteiger partial charge on any atom is 0.306 e. The normalized spacial score (nSPS) is 13.2. The third-order valence-electron chi connectivity index (χ3n) is 15.8. The van der Waals surface area contributed by atoms with Crippen LogP contribution in [-0.4, -0.2) is 36.4 Å². The monoisotopic (exact) mass is 1220 g/mol. The van der Waals surface area contributed by atoms with Crippen LogP contribution in [0.5, 0.6) is 0 Å². The van der Waals surface area contributed by atoms with Crippen molar-refractivity contribution in [3.63, 3.8) is 0 Å². The number of unbranched alkanes of at least 4 members (excludes halogenated alkanes) is 33. The van der Waals surface area contributed by atoms with Gasteiger partial charge in [-0.3, -0.25) is 9.59 Å². The molecule has 0 aromatic rings. The molecule has 0 radical (unpaired) electrons. The number of hydrogen-bond acceptors (Lipinski definition) is 5. The summed E-state index contributed by atoms with van der Waals surface area (Å²) in [6.07, 6.45) is 117. The number of rotatable bonds is 67. The Balaban J connectivity index is 3.58. The Kier molecular flexibility index (Phi) is 72.9. The number of esters is 2. The van der Waals surface area contributed by atoms with Crippen molar-refractivity contribution in [3.8, 4) is 0 Å². The molecule has 0 aliphatic carbocycles. The Morgan fingerprint density at radius 1 is 0.273 bits per heavy atom. The first-order valence-electron chi connectivity index (χ1n) is 37.0. The van der Waals surface area contributed by atoms with E-state index in [-0.39, 0.29) is 25.2 Å². The van der Waals surface area contributed by atoms with Gasteiger partial charge in [0.15, 0.2) is 6.10 Å². The second kappa shape index (κ2) is 76.8. The SMILES string of the molecule is CC/C=C\C/C=C\C/C=C\C/C=C\C/C=C\C/C=C\C/C=C\C/C=C\C/C=C\C/C=C\C/C=C\C/C=C\CCCCC(=O)OC(CO)COC(=O)CCCCCCCCCCCCCCCCCCCCCCCCC/C=C\CCCCCCCCCC. The average molecular weight is 1220 g/mol. The van der Waals surface area contributed by atoms with E-state index in [1.165, 1.54) is 193 Å². The maximum absolute atomic E-state index is 12.4. The fourth-order valence-corrected chi connectivity index (χ4v) is 10.3. The van der Waals surface area contributed by atoms with Crippen molar-refractivity contribution in [2.75, 3.05) is 13.2 Å². The second-order valence-electron chi connectivity index (χ2n) is 24.3. The number of hydrogen-bond donors (Lipinski definition) is 1. The predicted molar refractivity (Wildman–Crippen MR) is 389 cm³/mol. The zero-order valence-electron chi connectivity index (χ0n) is 57.4. The Labute approximate surface area is 545 Å². The van der Waals surface area contributed by atoms with Gasteiger partial charge in [0, 0.05) is 12.8 Å². The number of carbonyl (C=O) groups is 2. The van der Waals surface area contributed by atoms with Crippen LogP contribution in [0.4, 0.5) is 0 Å². The summed E-state index contributed by atoms with van der Waals surface area (Å²) in [5, 5.41) is 9.70. The quantitative estimate of drug-likeness (QED) is 0.0373. The molecule has 0 bridgehead atoms. The summed E-state index contributed by atoms with van der Waals surface area (Å²) in [6.45, 7) is 4.01. The molecule has 0 spiro atoms. The maximum atomic E-state index is 12.4. The lowest BCUT2D eigenvalue weighted by atomic mass is 10.0. The second-order valence-corrected chi connectivity index (χ2v) is 24.3. The molecule has 0 aromatic heterocycles. The van der Waals surface area contributed by atoms with Gasteiger partial charge in [-0.05, 0) is 128 Å². The number of allylic oxidation sites excluding steroid dienone is 26. The van der Waals surface area contributed by atoms with Crippen LogP contribution in [0.1, 0.15) is 335 Å². The lowest BCUT2D eigenvalue weighted by molar-refractivity contribution is -0.161. The molecule has 5 heteroatoms. The molecule has 88 heavy (non-hydrogen) atoms. The molecule has 0 saturated carbocycles. The van der Waals surface area contributed by atoms with Crippen molar-refractivity contribution in [2.24, 2.45) is 0 Å². The summed E-state index contributed by atoms with van der Waals surface area (Å²) in [4.78, 5) is 24.7. The van der Waals surface area contributed by atoms with Gasteiger partial charge in [0.1, 0.15) is 6.61 Å². The van der Waals surface area contributed by atoms with E-state index in [1.54, 1.807) is 0 Å². The van der Waals surface area contributed by atoms with Gasteiger partial charge >= 0.3 is 11.9 Å². The zero-order valence-corrected chi connectivity index (χ0v) is 57.4. The number of ether oxygens (including phenoxy) is 2. The van der Waals surface area contributed by atoms with Gasteiger partial charge < -0.3 is 14.6 Å². The molecular formula is C83H138O5. The van der Waals surface area contributed by atoms with Crippen LogP contribution in [0.3, 0.4) is 0 Å². The van der Waals surface area contributed by atoms with E-state index < -0.39 is 6.10 Å². The standard InChI is InChI=1S/C83H138O5/c1-3-5-7-9-11-13-15-17-19-21-23-25-27-29-31-33-35-37-39-40-41-42-44-46-48-50-52-54-56-58-60-62-64-66-68-70-72-74-76-78-83(86)88-81(79-84)80-87-82(85)77-75-73-71-69-67-65-63-61-59-57-55-53-51-49-47-45-43-38-36-34-32-30-28-26-24-22-20-18-16-14-12-10-8-6-4-2/h5,7,11,13,17,19,22-25,29,31,35,37,40-41,44,46,50,52,56,58,62,64,68,70,81,84H,3-4,6,8-10,12,14-16,18,20-21,26-28,30,32-34,36,38-39,42-43,45,47-49,51,53-55,57,59-61,63,65-67,69,71-80H2,1-2H3/b7-5-,13-11-,19-17-,24-22-,25-23-,31-29-,37-35-,41-40-,46-44-,52-50-,58-56-,64-62-,70-68-. The molecule has 0 heterocycles. The molecule has 0 fully saturated rings. The van der Waals surface area contributed by atoms with Gasteiger partial charge in [-0.15, -0.1) is 0 Å². The summed E-state index contributed by atoms with van der Waals surface area (Å²) in [7, 11) is 0. The van der Waals surface area contributed by atoms with Crippen LogP contribution in [0.25, 0.3) is 0 Å². The van der Waals surface area contributed by atoms with Crippen LogP contribution in [0.2, 0.25) is 0 Å². The predicted octanol–water partition coefficient (Wildman–Crippen LogP) is 26.2. The van der Waals surface area contributed by atoms with E-state index in [4.69, 9.17) is 9.47 Å². The average Bonchev–Trinajstić information content (AvgIpc) is 3.54. The fourth-order valence-electron chi connectivity index (χ4n) is 10.3. The highest BCUT2D eigenvalue weighted by Crippen LogP contribution is 2.17. The molecular weight excluding hydrogens is 1080 g/mol. The van der Waals surface area contributed by atoms with Gasteiger partial charge in [-0.1, -0.05) is 352 Å². The van der Waals surface area contributed by atoms with Crippen LogP contribution in [-0.2, 0) is 19.1 Å². The minimum atomic E-state index is -0.807. The highest BCUT2D eigenvalue weighted by atomic mass is 16.6. The van der Waals surface area contributed by atoms with E-state index in [2.05, 4.69) is 172 Å². The molecule has 0 rings (SSSR count). The zero-order chi connectivity index (χ0) is 63.3. The van der Waals surface area contributed by atoms with Gasteiger partial charge in [-0.25, -0.2) is 0 Å². The highest BCUT2D eigenvalue weighted by Gasteiger charge is 2.16. The van der Waals surface area contributed by atoms with Crippen LogP contribution < -0.4 is 0 Å². The van der Waals surface area contributed by atoms with Crippen molar-refractivity contribution >= 4 is 11.9 Å². The molecule has 0 aliphatic rings. The first-order chi connectivity index (χ1) is 43.6. The Bertz CT molecular complexity index is 1860. The minimum Gasteiger partial charge on any atom is -0.462 e. The third kappa shape index (κ3) is 74.0.